The van der Waals surface area contributed by atoms with Gasteiger partial charge in [-0.15, -0.1) is 0 Å². The summed E-state index contributed by atoms with van der Waals surface area (Å²) in [6.45, 7) is 2.38. The molecule has 0 bridgehead atoms. The Balaban J connectivity index is 1.53. The third-order valence-corrected chi connectivity index (χ3v) is 5.22. The van der Waals surface area contributed by atoms with Gasteiger partial charge >= 0.3 is 0 Å². The van der Waals surface area contributed by atoms with Crippen molar-refractivity contribution in [1.29, 1.82) is 0 Å². The maximum absolute atomic E-state index is 6.42. The second-order valence-electron chi connectivity index (χ2n) is 7.15. The minimum absolute atomic E-state index is 0.416. The van der Waals surface area contributed by atoms with Crippen LogP contribution in [0.1, 0.15) is 12.0 Å². The topological polar surface area (TPSA) is 85.6 Å². The van der Waals surface area contributed by atoms with Crippen LogP contribution in [-0.4, -0.2) is 46.7 Å². The van der Waals surface area contributed by atoms with Gasteiger partial charge in [-0.2, -0.15) is 0 Å². The molecule has 8 nitrogen and oxygen atoms in total. The minimum atomic E-state index is 0.416. The molecule has 0 aliphatic heterocycles. The fourth-order valence-electron chi connectivity index (χ4n) is 3.36. The molecule has 4 aromatic rings. The third kappa shape index (κ3) is 4.99. The molecule has 166 valence electrons. The van der Waals surface area contributed by atoms with E-state index >= 15 is 0 Å². The lowest BCUT2D eigenvalue weighted by atomic mass is 10.2. The van der Waals surface area contributed by atoms with Crippen LogP contribution in [0.3, 0.4) is 0 Å². The fourth-order valence-corrected chi connectivity index (χ4v) is 3.55. The lowest BCUT2D eigenvalue weighted by Gasteiger charge is -2.13. The molecule has 9 heteroatoms. The second-order valence-corrected chi connectivity index (χ2v) is 7.55. The van der Waals surface area contributed by atoms with Gasteiger partial charge in [-0.1, -0.05) is 23.7 Å². The number of benzene rings is 1. The Morgan fingerprint density at radius 1 is 1.09 bits per heavy atom. The second kappa shape index (κ2) is 10.4. The van der Waals surface area contributed by atoms with Crippen molar-refractivity contribution in [3.8, 4) is 17.1 Å². The fraction of sp³-hybridized carbons (Fsp3) is 0.261. The van der Waals surface area contributed by atoms with Crippen molar-refractivity contribution in [2.24, 2.45) is 0 Å². The van der Waals surface area contributed by atoms with Crippen LogP contribution in [0.15, 0.2) is 55.0 Å². The highest BCUT2D eigenvalue weighted by molar-refractivity contribution is 6.32. The summed E-state index contributed by atoms with van der Waals surface area (Å²) in [5.74, 6) is 1.12. The first-order valence-corrected chi connectivity index (χ1v) is 10.7. The van der Waals surface area contributed by atoms with Crippen LogP contribution in [0.4, 0.5) is 11.6 Å². The Labute approximate surface area is 191 Å². The van der Waals surface area contributed by atoms with Crippen molar-refractivity contribution < 1.29 is 9.47 Å². The molecule has 0 aliphatic carbocycles. The number of aromatic nitrogens is 4. The van der Waals surface area contributed by atoms with Gasteiger partial charge in [0, 0.05) is 26.5 Å². The number of nitrogens with one attached hydrogen (secondary N) is 2. The van der Waals surface area contributed by atoms with Gasteiger partial charge in [0.2, 0.25) is 5.95 Å². The molecule has 3 heterocycles. The highest BCUT2D eigenvalue weighted by atomic mass is 35.5. The number of hydrogen-bond acceptors (Lipinski definition) is 7. The number of nitrogens with zero attached hydrogens (tertiary/aromatic N) is 4. The summed E-state index contributed by atoms with van der Waals surface area (Å²) in [6.07, 6.45) is 6.23. The first kappa shape index (κ1) is 22.0. The maximum Gasteiger partial charge on any atom is 0.227 e. The normalized spacial score (nSPS) is 11.1. The summed E-state index contributed by atoms with van der Waals surface area (Å²) >= 11 is 6.42. The predicted molar refractivity (Wildman–Crippen MR) is 126 cm³/mol. The SMILES string of the molecule is COCCCNCc1ccc(Nc2ncc(Cl)c(-c3cnc4ccccn34)n2)c(OC)c1. The molecule has 0 spiro atoms. The van der Waals surface area contributed by atoms with Crippen molar-refractivity contribution >= 4 is 28.9 Å². The first-order valence-electron chi connectivity index (χ1n) is 10.3. The van der Waals surface area contributed by atoms with Gasteiger partial charge in [0.1, 0.15) is 17.1 Å². The third-order valence-electron chi connectivity index (χ3n) is 4.95. The van der Waals surface area contributed by atoms with Crippen LogP contribution < -0.4 is 15.4 Å². The molecule has 0 atom stereocenters. The Morgan fingerprint density at radius 2 is 2.00 bits per heavy atom. The molecule has 1 aromatic carbocycles. The number of imidazole rings is 1. The van der Waals surface area contributed by atoms with E-state index in [9.17, 15) is 0 Å². The van der Waals surface area contributed by atoms with E-state index in [-0.39, 0.29) is 0 Å². The van der Waals surface area contributed by atoms with E-state index in [4.69, 9.17) is 21.1 Å². The Hall–Kier alpha value is -3.20. The van der Waals surface area contributed by atoms with Crippen LogP contribution in [0, 0.1) is 0 Å². The highest BCUT2D eigenvalue weighted by Crippen LogP contribution is 2.31. The van der Waals surface area contributed by atoms with Crippen LogP contribution >= 0.6 is 11.6 Å². The van der Waals surface area contributed by atoms with Crippen molar-refractivity contribution in [3.05, 3.63) is 65.6 Å². The van der Waals surface area contributed by atoms with Crippen molar-refractivity contribution in [2.45, 2.75) is 13.0 Å². The van der Waals surface area contributed by atoms with Crippen LogP contribution in [0.5, 0.6) is 5.75 Å². The summed E-state index contributed by atoms with van der Waals surface area (Å²) in [5, 5.41) is 7.08. The number of ether oxygens (including phenoxy) is 2. The summed E-state index contributed by atoms with van der Waals surface area (Å²) in [6, 6.07) is 11.8. The lowest BCUT2D eigenvalue weighted by Crippen LogP contribution is -2.16. The van der Waals surface area contributed by atoms with Gasteiger partial charge in [-0.25, -0.2) is 15.0 Å². The van der Waals surface area contributed by atoms with Gasteiger partial charge in [0.25, 0.3) is 0 Å². The van der Waals surface area contributed by atoms with Gasteiger partial charge in [-0.05, 0) is 42.8 Å². The van der Waals surface area contributed by atoms with Crippen molar-refractivity contribution in [3.63, 3.8) is 0 Å². The van der Waals surface area contributed by atoms with Gasteiger partial charge in [0.05, 0.1) is 35.9 Å². The van der Waals surface area contributed by atoms with Crippen molar-refractivity contribution in [1.82, 2.24) is 24.7 Å². The predicted octanol–water partition coefficient (Wildman–Crippen LogP) is 4.32. The molecule has 0 aliphatic rings. The number of methoxy groups -OCH3 is 2. The molecule has 0 fully saturated rings. The molecule has 0 saturated carbocycles. The number of anilines is 2. The molecule has 0 amide bonds. The summed E-state index contributed by atoms with van der Waals surface area (Å²) in [4.78, 5) is 13.4. The van der Waals surface area contributed by atoms with Crippen LogP contribution in [-0.2, 0) is 11.3 Å². The van der Waals surface area contributed by atoms with E-state index < -0.39 is 0 Å². The Bertz CT molecular complexity index is 1200. The molecule has 2 N–H and O–H groups in total. The number of halogens is 1. The maximum atomic E-state index is 6.42. The first-order chi connectivity index (χ1) is 15.7. The smallest absolute Gasteiger partial charge is 0.227 e. The molecule has 32 heavy (non-hydrogen) atoms. The summed E-state index contributed by atoms with van der Waals surface area (Å²) < 4.78 is 12.6. The molecular weight excluding hydrogens is 428 g/mol. The monoisotopic (exact) mass is 452 g/mol. The molecular formula is C23H25ClN6O2. The lowest BCUT2D eigenvalue weighted by molar-refractivity contribution is 0.194. The summed E-state index contributed by atoms with van der Waals surface area (Å²) in [7, 11) is 3.35. The molecule has 0 saturated heterocycles. The number of pyridine rings is 1. The highest BCUT2D eigenvalue weighted by Gasteiger charge is 2.14. The van der Waals surface area contributed by atoms with Crippen LogP contribution in [0.2, 0.25) is 5.02 Å². The number of rotatable bonds is 10. The van der Waals surface area contributed by atoms with Gasteiger partial charge in [-0.3, -0.25) is 4.40 Å². The number of fused-ring (bicyclic) bond motifs is 1. The Kier molecular flexibility index (Phi) is 7.16. The zero-order valence-electron chi connectivity index (χ0n) is 18.0. The van der Waals surface area contributed by atoms with Crippen LogP contribution in [0.25, 0.3) is 17.0 Å². The number of hydrogen-bond donors (Lipinski definition) is 2. The summed E-state index contributed by atoms with van der Waals surface area (Å²) in [5.41, 5.74) is 4.09. The quantitative estimate of drug-likeness (QED) is 0.346. The molecule has 4 rings (SSSR count). The molecule has 0 unspecified atom stereocenters. The van der Waals surface area contributed by atoms with Crippen molar-refractivity contribution in [2.75, 3.05) is 32.7 Å². The van der Waals surface area contributed by atoms with E-state index in [2.05, 4.69) is 25.6 Å². The van der Waals surface area contributed by atoms with E-state index in [1.54, 1.807) is 26.6 Å². The zero-order valence-corrected chi connectivity index (χ0v) is 18.8. The standard InChI is InChI=1S/C23H25ClN6O2/c1-31-11-5-9-25-13-16-7-8-18(20(12-16)32-2)28-23-27-14-17(24)22(29-23)19-15-26-21-6-3-4-10-30(19)21/h3-4,6-8,10,12,14-15,25H,5,9,11,13H2,1-2H3,(H,27,28,29). The van der Waals surface area contributed by atoms with E-state index in [0.29, 0.717) is 22.4 Å². The minimum Gasteiger partial charge on any atom is -0.495 e. The van der Waals surface area contributed by atoms with E-state index in [0.717, 1.165) is 48.7 Å². The molecule has 3 aromatic heterocycles. The van der Waals surface area contributed by atoms with Gasteiger partial charge in [0.15, 0.2) is 0 Å². The zero-order chi connectivity index (χ0) is 22.3. The average Bonchev–Trinajstić information content (AvgIpc) is 3.25. The van der Waals surface area contributed by atoms with Gasteiger partial charge < -0.3 is 20.1 Å². The van der Waals surface area contributed by atoms with E-state index in [1.165, 1.54) is 0 Å². The van der Waals surface area contributed by atoms with E-state index in [1.807, 2.05) is 47.0 Å². The average molecular weight is 453 g/mol. The Morgan fingerprint density at radius 3 is 2.84 bits per heavy atom. The largest absolute Gasteiger partial charge is 0.495 e. The molecule has 0 radical (unpaired) electrons.